The van der Waals surface area contributed by atoms with Crippen LogP contribution in [0.3, 0.4) is 0 Å². The van der Waals surface area contributed by atoms with Crippen LogP contribution in [0.5, 0.6) is 5.75 Å². The molecule has 3 rings (SSSR count). The number of nitriles is 1. The normalized spacial score (nSPS) is 15.5. The lowest BCUT2D eigenvalue weighted by atomic mass is 9.79. The van der Waals surface area contributed by atoms with Crippen molar-refractivity contribution < 1.29 is 19.5 Å². The maximum Gasteiger partial charge on any atom is 0.490 e. The Hall–Kier alpha value is -2.12. The Morgan fingerprint density at radius 3 is 2.87 bits per heavy atom. The largest absolute Gasteiger partial charge is 0.491 e. The second kappa shape index (κ2) is 6.98. The van der Waals surface area contributed by atoms with Crippen LogP contribution < -0.4 is 10.2 Å². The van der Waals surface area contributed by atoms with Crippen LogP contribution in [0.1, 0.15) is 5.56 Å². The molecule has 0 bridgehead atoms. The Morgan fingerprint density at radius 1 is 1.39 bits per heavy atom. The summed E-state index contributed by atoms with van der Waals surface area (Å²) in [6.45, 7) is 4.47. The van der Waals surface area contributed by atoms with E-state index in [1.165, 1.54) is 16.8 Å². The highest BCUT2D eigenvalue weighted by Gasteiger charge is 2.20. The number of rotatable bonds is 5. The molecule has 0 radical (unpaired) electrons. The van der Waals surface area contributed by atoms with Gasteiger partial charge in [0.25, 0.3) is 0 Å². The van der Waals surface area contributed by atoms with Crippen molar-refractivity contribution in [1.29, 1.82) is 5.26 Å². The summed E-state index contributed by atoms with van der Waals surface area (Å²) in [5.74, 6) is 0.474. The van der Waals surface area contributed by atoms with Crippen LogP contribution in [0.4, 0.5) is 0 Å². The van der Waals surface area contributed by atoms with Gasteiger partial charge in [-0.2, -0.15) is 10.4 Å². The number of ether oxygens (including phenoxy) is 2. The first-order chi connectivity index (χ1) is 11.2. The standard InChI is InChI=1S/C14H17BN4O4/c16-8-11-9-17-19-10-12(7-13(14(11)19)15(20)21)23-6-3-18-1-4-22-5-2-18/h7,9-10,20-21H,1-6H2. The summed E-state index contributed by atoms with van der Waals surface area (Å²) >= 11 is 0. The first-order valence-corrected chi connectivity index (χ1v) is 7.39. The van der Waals surface area contributed by atoms with Gasteiger partial charge < -0.3 is 19.5 Å². The molecule has 0 atom stereocenters. The summed E-state index contributed by atoms with van der Waals surface area (Å²) in [4.78, 5) is 2.24. The van der Waals surface area contributed by atoms with E-state index in [2.05, 4.69) is 10.00 Å². The number of fused-ring (bicyclic) bond motifs is 1. The highest BCUT2D eigenvalue weighted by molar-refractivity contribution is 6.61. The van der Waals surface area contributed by atoms with Crippen molar-refractivity contribution in [2.45, 2.75) is 0 Å². The van der Waals surface area contributed by atoms with Gasteiger partial charge in [0.15, 0.2) is 0 Å². The summed E-state index contributed by atoms with van der Waals surface area (Å²) in [5, 5.41) is 32.2. The van der Waals surface area contributed by atoms with E-state index in [0.29, 0.717) is 17.9 Å². The molecule has 0 unspecified atom stereocenters. The van der Waals surface area contributed by atoms with Gasteiger partial charge in [-0.05, 0) is 6.07 Å². The maximum atomic E-state index is 9.54. The molecule has 0 spiro atoms. The molecule has 23 heavy (non-hydrogen) atoms. The highest BCUT2D eigenvalue weighted by Crippen LogP contribution is 2.15. The van der Waals surface area contributed by atoms with Crippen molar-refractivity contribution in [2.75, 3.05) is 39.5 Å². The van der Waals surface area contributed by atoms with Crippen molar-refractivity contribution in [3.63, 3.8) is 0 Å². The molecule has 3 heterocycles. The minimum atomic E-state index is -1.70. The number of hydrogen-bond donors (Lipinski definition) is 2. The molecule has 1 saturated heterocycles. The molecule has 8 nitrogen and oxygen atoms in total. The zero-order valence-corrected chi connectivity index (χ0v) is 12.6. The minimum Gasteiger partial charge on any atom is -0.491 e. The fourth-order valence-electron chi connectivity index (χ4n) is 2.60. The highest BCUT2D eigenvalue weighted by atomic mass is 16.5. The molecule has 2 aromatic heterocycles. The molecule has 120 valence electrons. The molecular weight excluding hydrogens is 299 g/mol. The molecular formula is C14H17BN4O4. The second-order valence-corrected chi connectivity index (χ2v) is 5.27. The lowest BCUT2D eigenvalue weighted by Crippen LogP contribution is -2.38. The monoisotopic (exact) mass is 316 g/mol. The maximum absolute atomic E-state index is 9.54. The fourth-order valence-corrected chi connectivity index (χ4v) is 2.60. The van der Waals surface area contributed by atoms with Crippen LogP contribution in [-0.2, 0) is 4.74 Å². The van der Waals surface area contributed by atoms with E-state index in [1.807, 2.05) is 6.07 Å². The molecule has 2 N–H and O–H groups in total. The summed E-state index contributed by atoms with van der Waals surface area (Å²) in [7, 11) is -1.70. The third-order valence-electron chi connectivity index (χ3n) is 3.79. The number of nitrogens with zero attached hydrogens (tertiary/aromatic N) is 4. The Kier molecular flexibility index (Phi) is 4.78. The number of morpholine rings is 1. The summed E-state index contributed by atoms with van der Waals surface area (Å²) < 4.78 is 12.4. The SMILES string of the molecule is N#Cc1cnn2cc(OCCN3CCOCC3)cc(B(O)O)c12. The predicted molar refractivity (Wildman–Crippen MR) is 82.5 cm³/mol. The van der Waals surface area contributed by atoms with E-state index < -0.39 is 7.12 Å². The first-order valence-electron chi connectivity index (χ1n) is 7.39. The van der Waals surface area contributed by atoms with E-state index in [1.54, 1.807) is 6.20 Å². The molecule has 0 saturated carbocycles. The average Bonchev–Trinajstić information content (AvgIpc) is 2.98. The first kappa shape index (κ1) is 15.8. The molecule has 1 aliphatic rings. The van der Waals surface area contributed by atoms with Gasteiger partial charge in [-0.25, -0.2) is 4.52 Å². The van der Waals surface area contributed by atoms with Crippen LogP contribution in [0.25, 0.3) is 5.52 Å². The fraction of sp³-hybridized carbons (Fsp3) is 0.429. The quantitative estimate of drug-likeness (QED) is 0.654. The zero-order chi connectivity index (χ0) is 16.2. The van der Waals surface area contributed by atoms with E-state index in [9.17, 15) is 10.0 Å². The van der Waals surface area contributed by atoms with Crippen molar-refractivity contribution in [2.24, 2.45) is 0 Å². The second-order valence-electron chi connectivity index (χ2n) is 5.27. The topological polar surface area (TPSA) is 103 Å². The minimum absolute atomic E-state index is 0.197. The lowest BCUT2D eigenvalue weighted by molar-refractivity contribution is 0.0322. The van der Waals surface area contributed by atoms with Crippen molar-refractivity contribution in [3.8, 4) is 11.8 Å². The van der Waals surface area contributed by atoms with Gasteiger partial charge in [0, 0.05) is 25.1 Å². The van der Waals surface area contributed by atoms with Crippen molar-refractivity contribution in [1.82, 2.24) is 14.5 Å². The summed E-state index contributed by atoms with van der Waals surface area (Å²) in [6, 6.07) is 3.52. The van der Waals surface area contributed by atoms with Crippen LogP contribution in [0, 0.1) is 11.3 Å². The Labute approximate surface area is 133 Å². The van der Waals surface area contributed by atoms with E-state index in [-0.39, 0.29) is 11.0 Å². The lowest BCUT2D eigenvalue weighted by Gasteiger charge is -2.26. The molecule has 0 aromatic carbocycles. The average molecular weight is 316 g/mol. The van der Waals surface area contributed by atoms with Gasteiger partial charge in [-0.1, -0.05) is 0 Å². The molecule has 0 amide bonds. The van der Waals surface area contributed by atoms with Gasteiger partial charge in [0.05, 0.1) is 36.7 Å². The molecule has 0 aliphatic carbocycles. The van der Waals surface area contributed by atoms with Gasteiger partial charge in [0.2, 0.25) is 0 Å². The van der Waals surface area contributed by atoms with Crippen LogP contribution in [0.15, 0.2) is 18.5 Å². The molecule has 2 aromatic rings. The van der Waals surface area contributed by atoms with Crippen LogP contribution in [0.2, 0.25) is 0 Å². The third kappa shape index (κ3) is 3.46. The molecule has 1 fully saturated rings. The Morgan fingerprint density at radius 2 is 2.17 bits per heavy atom. The van der Waals surface area contributed by atoms with E-state index in [0.717, 1.165) is 32.8 Å². The van der Waals surface area contributed by atoms with Crippen molar-refractivity contribution in [3.05, 3.63) is 24.0 Å². The van der Waals surface area contributed by atoms with E-state index >= 15 is 0 Å². The zero-order valence-electron chi connectivity index (χ0n) is 12.6. The van der Waals surface area contributed by atoms with Gasteiger partial charge in [-0.15, -0.1) is 0 Å². The molecule has 1 aliphatic heterocycles. The van der Waals surface area contributed by atoms with Crippen molar-refractivity contribution >= 4 is 18.1 Å². The molecule has 9 heteroatoms. The number of aromatic nitrogens is 2. The summed E-state index contributed by atoms with van der Waals surface area (Å²) in [6.07, 6.45) is 3.01. The number of pyridine rings is 1. The van der Waals surface area contributed by atoms with Gasteiger partial charge in [-0.3, -0.25) is 4.90 Å². The summed E-state index contributed by atoms with van der Waals surface area (Å²) in [5.41, 5.74) is 0.860. The Bertz CT molecular complexity index is 721. The van der Waals surface area contributed by atoms with E-state index in [4.69, 9.17) is 14.7 Å². The van der Waals surface area contributed by atoms with Crippen LogP contribution in [-0.4, -0.2) is 71.1 Å². The third-order valence-corrected chi connectivity index (χ3v) is 3.79. The smallest absolute Gasteiger partial charge is 0.490 e. The number of hydrogen-bond acceptors (Lipinski definition) is 7. The predicted octanol–water partition coefficient (Wildman–Crippen LogP) is -1.40. The van der Waals surface area contributed by atoms with Crippen LogP contribution >= 0.6 is 0 Å². The van der Waals surface area contributed by atoms with Gasteiger partial charge >= 0.3 is 7.12 Å². The van der Waals surface area contributed by atoms with Gasteiger partial charge in [0.1, 0.15) is 18.4 Å². The Balaban J connectivity index is 1.75.